The van der Waals surface area contributed by atoms with Crippen LogP contribution in [-0.2, 0) is 5.60 Å². The van der Waals surface area contributed by atoms with Crippen LogP contribution in [0.5, 0.6) is 0 Å². The molecule has 6 N–H and O–H groups in total. The van der Waals surface area contributed by atoms with Crippen molar-refractivity contribution in [3.05, 3.63) is 71.8 Å². The third kappa shape index (κ3) is 3.05. The summed E-state index contributed by atoms with van der Waals surface area (Å²) in [5.41, 5.74) is 12.5. The summed E-state index contributed by atoms with van der Waals surface area (Å²) in [6.45, 7) is 1.52. The van der Waals surface area contributed by atoms with Crippen molar-refractivity contribution in [1.29, 1.82) is 0 Å². The van der Waals surface area contributed by atoms with E-state index < -0.39 is 23.6 Å². The standard InChI is InChI=1S/C18H24N2O2/c1-13(19)18(22,15-10-6-3-7-11-15)17(16(20)12-21)14-8-4-2-5-9-14/h2-11,13,16-17,21-22H,12,19-20H2,1H3. The number of hydrogen-bond acceptors (Lipinski definition) is 4. The van der Waals surface area contributed by atoms with Gasteiger partial charge in [-0.25, -0.2) is 0 Å². The Labute approximate surface area is 131 Å². The maximum atomic E-state index is 11.5. The minimum atomic E-state index is -1.37. The normalized spacial score (nSPS) is 18.2. The first kappa shape index (κ1) is 16.6. The summed E-state index contributed by atoms with van der Waals surface area (Å²) in [5, 5.41) is 21.0. The van der Waals surface area contributed by atoms with Crippen LogP contribution >= 0.6 is 0 Å². The number of benzene rings is 2. The van der Waals surface area contributed by atoms with Crippen LogP contribution in [0.25, 0.3) is 0 Å². The Bertz CT molecular complexity index is 574. The molecule has 0 fully saturated rings. The molecule has 0 bridgehead atoms. The van der Waals surface area contributed by atoms with Crippen LogP contribution in [0.2, 0.25) is 0 Å². The van der Waals surface area contributed by atoms with Crippen molar-refractivity contribution >= 4 is 0 Å². The summed E-state index contributed by atoms with van der Waals surface area (Å²) < 4.78 is 0. The van der Waals surface area contributed by atoms with Crippen molar-refractivity contribution in [2.24, 2.45) is 11.5 Å². The molecule has 4 atom stereocenters. The SMILES string of the molecule is CC(N)C(O)(c1ccccc1)C(c1ccccc1)C(N)CO. The number of aliphatic hydroxyl groups is 2. The highest BCUT2D eigenvalue weighted by Gasteiger charge is 2.45. The lowest BCUT2D eigenvalue weighted by atomic mass is 9.70. The van der Waals surface area contributed by atoms with Gasteiger partial charge in [-0.15, -0.1) is 0 Å². The minimum Gasteiger partial charge on any atom is -0.395 e. The van der Waals surface area contributed by atoms with Crippen LogP contribution in [0.3, 0.4) is 0 Å². The fourth-order valence-corrected chi connectivity index (χ4v) is 3.02. The molecule has 0 saturated heterocycles. The zero-order valence-corrected chi connectivity index (χ0v) is 12.8. The Morgan fingerprint density at radius 1 is 0.955 bits per heavy atom. The molecule has 4 unspecified atom stereocenters. The molecule has 4 heteroatoms. The third-order valence-electron chi connectivity index (χ3n) is 4.20. The van der Waals surface area contributed by atoms with E-state index >= 15 is 0 Å². The molecule has 0 saturated carbocycles. The van der Waals surface area contributed by atoms with Gasteiger partial charge in [0.1, 0.15) is 5.60 Å². The van der Waals surface area contributed by atoms with Gasteiger partial charge in [0.25, 0.3) is 0 Å². The lowest BCUT2D eigenvalue weighted by Crippen LogP contribution is -2.54. The summed E-state index contributed by atoms with van der Waals surface area (Å²) in [6.07, 6.45) is 0. The monoisotopic (exact) mass is 300 g/mol. The molecular weight excluding hydrogens is 276 g/mol. The molecule has 0 amide bonds. The fourth-order valence-electron chi connectivity index (χ4n) is 3.02. The van der Waals surface area contributed by atoms with Crippen molar-refractivity contribution in [1.82, 2.24) is 0 Å². The molecule has 0 aromatic heterocycles. The first-order valence-corrected chi connectivity index (χ1v) is 7.46. The van der Waals surface area contributed by atoms with Gasteiger partial charge in [-0.05, 0) is 18.1 Å². The van der Waals surface area contributed by atoms with Gasteiger partial charge in [0.2, 0.25) is 0 Å². The fraction of sp³-hybridized carbons (Fsp3) is 0.333. The summed E-state index contributed by atoms with van der Waals surface area (Å²) in [6, 6.07) is 17.6. The Hall–Kier alpha value is -1.72. The smallest absolute Gasteiger partial charge is 0.113 e. The molecule has 118 valence electrons. The van der Waals surface area contributed by atoms with Crippen LogP contribution in [0.15, 0.2) is 60.7 Å². The molecule has 0 spiro atoms. The summed E-state index contributed by atoms with van der Waals surface area (Å²) in [5.74, 6) is -0.513. The Kier molecular flexibility index (Phi) is 5.32. The molecular formula is C18H24N2O2. The number of rotatable bonds is 6. The van der Waals surface area contributed by atoms with Gasteiger partial charge in [-0.1, -0.05) is 60.7 Å². The average molecular weight is 300 g/mol. The zero-order valence-electron chi connectivity index (χ0n) is 12.8. The van der Waals surface area contributed by atoms with Crippen molar-refractivity contribution in [2.75, 3.05) is 6.61 Å². The Balaban J connectivity index is 2.60. The first-order chi connectivity index (χ1) is 10.5. The molecule has 0 heterocycles. The van der Waals surface area contributed by atoms with E-state index in [4.69, 9.17) is 11.5 Å². The van der Waals surface area contributed by atoms with E-state index in [0.717, 1.165) is 5.56 Å². The van der Waals surface area contributed by atoms with Crippen molar-refractivity contribution in [2.45, 2.75) is 30.5 Å². The van der Waals surface area contributed by atoms with E-state index in [9.17, 15) is 10.2 Å². The average Bonchev–Trinajstić information content (AvgIpc) is 2.56. The maximum absolute atomic E-state index is 11.5. The lowest BCUT2D eigenvalue weighted by molar-refractivity contribution is -0.0263. The molecule has 4 nitrogen and oxygen atoms in total. The predicted molar refractivity (Wildman–Crippen MR) is 88.2 cm³/mol. The maximum Gasteiger partial charge on any atom is 0.113 e. The van der Waals surface area contributed by atoms with E-state index in [1.165, 1.54) is 0 Å². The molecule has 0 aliphatic rings. The van der Waals surface area contributed by atoms with Gasteiger partial charge in [0.15, 0.2) is 0 Å². The van der Waals surface area contributed by atoms with E-state index in [-0.39, 0.29) is 6.61 Å². The molecule has 2 aromatic carbocycles. The highest BCUT2D eigenvalue weighted by Crippen LogP contribution is 2.40. The van der Waals surface area contributed by atoms with Gasteiger partial charge in [0.05, 0.1) is 6.61 Å². The number of nitrogens with two attached hydrogens (primary N) is 2. The van der Waals surface area contributed by atoms with E-state index in [1.54, 1.807) is 6.92 Å². The summed E-state index contributed by atoms with van der Waals surface area (Å²) in [7, 11) is 0. The second kappa shape index (κ2) is 7.03. The topological polar surface area (TPSA) is 92.5 Å². The molecule has 0 radical (unpaired) electrons. The van der Waals surface area contributed by atoms with Gasteiger partial charge in [-0.2, -0.15) is 0 Å². The van der Waals surface area contributed by atoms with Crippen LogP contribution in [-0.4, -0.2) is 28.9 Å². The van der Waals surface area contributed by atoms with Gasteiger partial charge < -0.3 is 21.7 Å². The van der Waals surface area contributed by atoms with Crippen molar-refractivity contribution in [3.63, 3.8) is 0 Å². The lowest BCUT2D eigenvalue weighted by Gasteiger charge is -2.42. The predicted octanol–water partition coefficient (Wildman–Crippen LogP) is 1.32. The van der Waals surface area contributed by atoms with E-state index in [0.29, 0.717) is 5.56 Å². The Morgan fingerprint density at radius 3 is 1.91 bits per heavy atom. The first-order valence-electron chi connectivity index (χ1n) is 7.46. The van der Waals surface area contributed by atoms with Crippen molar-refractivity contribution < 1.29 is 10.2 Å². The van der Waals surface area contributed by atoms with E-state index in [2.05, 4.69) is 0 Å². The summed E-state index contributed by atoms with van der Waals surface area (Å²) >= 11 is 0. The van der Waals surface area contributed by atoms with Gasteiger partial charge in [-0.3, -0.25) is 0 Å². The van der Waals surface area contributed by atoms with Crippen LogP contribution < -0.4 is 11.5 Å². The summed E-state index contributed by atoms with van der Waals surface area (Å²) in [4.78, 5) is 0. The molecule has 2 aromatic rings. The van der Waals surface area contributed by atoms with Gasteiger partial charge in [0, 0.05) is 18.0 Å². The minimum absolute atomic E-state index is 0.235. The van der Waals surface area contributed by atoms with Crippen LogP contribution in [0.4, 0.5) is 0 Å². The second-order valence-corrected chi connectivity index (χ2v) is 5.71. The highest BCUT2D eigenvalue weighted by atomic mass is 16.3. The zero-order chi connectivity index (χ0) is 16.2. The van der Waals surface area contributed by atoms with Crippen LogP contribution in [0.1, 0.15) is 24.0 Å². The van der Waals surface area contributed by atoms with Crippen LogP contribution in [0, 0.1) is 0 Å². The van der Waals surface area contributed by atoms with Gasteiger partial charge >= 0.3 is 0 Å². The largest absolute Gasteiger partial charge is 0.395 e. The molecule has 22 heavy (non-hydrogen) atoms. The molecule has 0 aliphatic heterocycles. The Morgan fingerprint density at radius 2 is 1.45 bits per heavy atom. The number of hydrogen-bond donors (Lipinski definition) is 4. The molecule has 0 aliphatic carbocycles. The molecule has 2 rings (SSSR count). The third-order valence-corrected chi connectivity index (χ3v) is 4.20. The van der Waals surface area contributed by atoms with E-state index in [1.807, 2.05) is 60.7 Å². The quantitative estimate of drug-likeness (QED) is 0.647. The highest BCUT2D eigenvalue weighted by molar-refractivity contribution is 5.34. The van der Waals surface area contributed by atoms with Crippen molar-refractivity contribution in [3.8, 4) is 0 Å². The second-order valence-electron chi connectivity index (χ2n) is 5.71. The number of aliphatic hydroxyl groups excluding tert-OH is 1.